The van der Waals surface area contributed by atoms with Crippen LogP contribution in [0.4, 0.5) is 10.2 Å². The third-order valence-corrected chi connectivity index (χ3v) is 5.68. The summed E-state index contributed by atoms with van der Waals surface area (Å²) in [6.45, 7) is 0.796. The van der Waals surface area contributed by atoms with Crippen molar-refractivity contribution in [3.63, 3.8) is 0 Å². The minimum atomic E-state index is -0.298. The van der Waals surface area contributed by atoms with Crippen molar-refractivity contribution < 1.29 is 4.39 Å². The van der Waals surface area contributed by atoms with E-state index in [1.807, 2.05) is 29.9 Å². The first-order chi connectivity index (χ1) is 12.1. The second kappa shape index (κ2) is 6.69. The summed E-state index contributed by atoms with van der Waals surface area (Å²) in [5.41, 5.74) is 3.14. The van der Waals surface area contributed by atoms with Gasteiger partial charge in [-0.2, -0.15) is 5.10 Å². The Morgan fingerprint density at radius 1 is 1.32 bits per heavy atom. The van der Waals surface area contributed by atoms with Crippen LogP contribution in [0.1, 0.15) is 16.4 Å². The van der Waals surface area contributed by atoms with Gasteiger partial charge in [0.2, 0.25) is 0 Å². The molecule has 1 atom stereocenters. The zero-order valence-corrected chi connectivity index (χ0v) is 15.1. The van der Waals surface area contributed by atoms with E-state index < -0.39 is 0 Å². The maximum atomic E-state index is 14.6. The molecule has 128 valence electrons. The number of anilines is 1. The van der Waals surface area contributed by atoms with E-state index in [-0.39, 0.29) is 11.1 Å². The molecule has 1 aromatic carbocycles. The normalized spacial score (nSPS) is 16.8. The van der Waals surface area contributed by atoms with Crippen molar-refractivity contribution in [3.05, 3.63) is 64.6 Å². The van der Waals surface area contributed by atoms with Crippen LogP contribution in [-0.2, 0) is 7.05 Å². The van der Waals surface area contributed by atoms with Gasteiger partial charge in [0, 0.05) is 41.7 Å². The summed E-state index contributed by atoms with van der Waals surface area (Å²) in [4.78, 5) is 4.44. The molecule has 0 radical (unpaired) electrons. The molecule has 0 bridgehead atoms. The molecule has 0 saturated carbocycles. The van der Waals surface area contributed by atoms with Gasteiger partial charge in [-0.15, -0.1) is 11.8 Å². The molecule has 0 saturated heterocycles. The van der Waals surface area contributed by atoms with Gasteiger partial charge < -0.3 is 5.32 Å². The molecule has 1 unspecified atom stereocenters. The summed E-state index contributed by atoms with van der Waals surface area (Å²) < 4.78 is 16.5. The number of hydrogen-bond donors (Lipinski definition) is 1. The van der Waals surface area contributed by atoms with E-state index in [0.717, 1.165) is 35.1 Å². The summed E-state index contributed by atoms with van der Waals surface area (Å²) in [7, 11) is 1.89. The molecule has 0 spiro atoms. The Morgan fingerprint density at radius 3 is 2.96 bits per heavy atom. The fourth-order valence-electron chi connectivity index (χ4n) is 3.08. The summed E-state index contributed by atoms with van der Waals surface area (Å²) in [6, 6.07) is 10.6. The number of benzene rings is 1. The summed E-state index contributed by atoms with van der Waals surface area (Å²) in [6.07, 6.45) is 1.74. The van der Waals surface area contributed by atoms with Crippen molar-refractivity contribution in [1.82, 2.24) is 14.8 Å². The highest BCUT2D eigenvalue weighted by Gasteiger charge is 2.31. The molecular formula is C18H16ClFN4S. The van der Waals surface area contributed by atoms with Gasteiger partial charge in [0.25, 0.3) is 0 Å². The maximum Gasteiger partial charge on any atom is 0.129 e. The standard InChI is InChI=1S/C18H16ClFN4S/c1-24-18-15(16(23-24)14-4-2-3-7-21-14)17(25-9-8-22-18)12-6-5-11(19)10-13(12)20/h2-7,10,17,22H,8-9H2,1H3. The van der Waals surface area contributed by atoms with Crippen LogP contribution in [0.15, 0.2) is 42.6 Å². The van der Waals surface area contributed by atoms with Crippen LogP contribution < -0.4 is 5.32 Å². The van der Waals surface area contributed by atoms with Crippen LogP contribution in [0.2, 0.25) is 5.02 Å². The third kappa shape index (κ3) is 3.00. The molecule has 0 amide bonds. The lowest BCUT2D eigenvalue weighted by Gasteiger charge is -2.17. The highest BCUT2D eigenvalue weighted by molar-refractivity contribution is 7.99. The molecule has 25 heavy (non-hydrogen) atoms. The van der Waals surface area contributed by atoms with Gasteiger partial charge in [0.15, 0.2) is 0 Å². The minimum Gasteiger partial charge on any atom is -0.369 e. The van der Waals surface area contributed by atoms with Gasteiger partial charge in [-0.25, -0.2) is 4.39 Å². The molecule has 1 aliphatic heterocycles. The maximum absolute atomic E-state index is 14.6. The van der Waals surface area contributed by atoms with Crippen molar-refractivity contribution >= 4 is 29.2 Å². The number of pyridine rings is 1. The van der Waals surface area contributed by atoms with Crippen LogP contribution in [0, 0.1) is 5.82 Å². The first-order valence-electron chi connectivity index (χ1n) is 7.94. The van der Waals surface area contributed by atoms with Gasteiger partial charge in [0.1, 0.15) is 17.3 Å². The predicted octanol–water partition coefficient (Wildman–Crippen LogP) is 4.52. The summed E-state index contributed by atoms with van der Waals surface area (Å²) >= 11 is 7.63. The molecule has 1 aliphatic rings. The molecule has 7 heteroatoms. The van der Waals surface area contributed by atoms with Crippen LogP contribution >= 0.6 is 23.4 Å². The van der Waals surface area contributed by atoms with Crippen molar-refractivity contribution in [3.8, 4) is 11.4 Å². The zero-order valence-electron chi connectivity index (χ0n) is 13.5. The van der Waals surface area contributed by atoms with Gasteiger partial charge in [0.05, 0.1) is 10.9 Å². The summed E-state index contributed by atoms with van der Waals surface area (Å²) in [5.74, 6) is 1.47. The van der Waals surface area contributed by atoms with Gasteiger partial charge in [-0.05, 0) is 24.3 Å². The van der Waals surface area contributed by atoms with Gasteiger partial charge in [-0.1, -0.05) is 23.7 Å². The van der Waals surface area contributed by atoms with Crippen molar-refractivity contribution in [1.29, 1.82) is 0 Å². The predicted molar refractivity (Wildman–Crippen MR) is 101 cm³/mol. The molecule has 4 rings (SSSR count). The fourth-order valence-corrected chi connectivity index (χ4v) is 4.45. The van der Waals surface area contributed by atoms with Gasteiger partial charge >= 0.3 is 0 Å². The smallest absolute Gasteiger partial charge is 0.129 e. The molecule has 2 aromatic heterocycles. The second-order valence-electron chi connectivity index (χ2n) is 5.79. The highest BCUT2D eigenvalue weighted by atomic mass is 35.5. The molecule has 1 N–H and O–H groups in total. The van der Waals surface area contributed by atoms with E-state index in [1.54, 1.807) is 30.1 Å². The fraction of sp³-hybridized carbons (Fsp3) is 0.222. The number of aromatic nitrogens is 3. The number of thioether (sulfide) groups is 1. The Labute approximate surface area is 154 Å². The minimum absolute atomic E-state index is 0.173. The molecule has 4 nitrogen and oxygen atoms in total. The number of aryl methyl sites for hydroxylation is 1. The van der Waals surface area contributed by atoms with Crippen LogP contribution in [0.25, 0.3) is 11.4 Å². The molecular weight excluding hydrogens is 359 g/mol. The molecule has 0 fully saturated rings. The average Bonchev–Trinajstić information content (AvgIpc) is 2.79. The number of rotatable bonds is 2. The van der Waals surface area contributed by atoms with Crippen molar-refractivity contribution in [2.75, 3.05) is 17.6 Å². The quantitative estimate of drug-likeness (QED) is 0.716. The van der Waals surface area contributed by atoms with E-state index >= 15 is 0 Å². The molecule has 3 aromatic rings. The Hall–Kier alpha value is -2.05. The Morgan fingerprint density at radius 2 is 2.20 bits per heavy atom. The van der Waals surface area contributed by atoms with Gasteiger partial charge in [-0.3, -0.25) is 9.67 Å². The topological polar surface area (TPSA) is 42.7 Å². The third-order valence-electron chi connectivity index (χ3n) is 4.18. The Balaban J connectivity index is 1.92. The van der Waals surface area contributed by atoms with Crippen molar-refractivity contribution in [2.45, 2.75) is 5.25 Å². The average molecular weight is 375 g/mol. The van der Waals surface area contributed by atoms with Crippen LogP contribution in [-0.4, -0.2) is 27.1 Å². The number of fused-ring (bicyclic) bond motifs is 1. The van der Waals surface area contributed by atoms with E-state index in [0.29, 0.717) is 10.6 Å². The lowest BCUT2D eigenvalue weighted by Crippen LogP contribution is -2.06. The zero-order chi connectivity index (χ0) is 17.4. The largest absolute Gasteiger partial charge is 0.369 e. The Kier molecular flexibility index (Phi) is 4.39. The highest BCUT2D eigenvalue weighted by Crippen LogP contribution is 2.46. The monoisotopic (exact) mass is 374 g/mol. The number of hydrogen-bond acceptors (Lipinski definition) is 4. The number of nitrogens with one attached hydrogen (secondary N) is 1. The van der Waals surface area contributed by atoms with Crippen LogP contribution in [0.3, 0.4) is 0 Å². The second-order valence-corrected chi connectivity index (χ2v) is 7.44. The van der Waals surface area contributed by atoms with E-state index in [1.165, 1.54) is 6.07 Å². The van der Waals surface area contributed by atoms with E-state index in [4.69, 9.17) is 11.6 Å². The number of halogens is 2. The molecule has 3 heterocycles. The van der Waals surface area contributed by atoms with Crippen LogP contribution in [0.5, 0.6) is 0 Å². The molecule has 0 aliphatic carbocycles. The first-order valence-corrected chi connectivity index (χ1v) is 9.36. The summed E-state index contributed by atoms with van der Waals surface area (Å²) in [5, 5.41) is 8.30. The number of nitrogens with zero attached hydrogens (tertiary/aromatic N) is 3. The van der Waals surface area contributed by atoms with Crippen molar-refractivity contribution in [2.24, 2.45) is 7.05 Å². The lowest BCUT2D eigenvalue weighted by atomic mass is 10.0. The Bertz CT molecular complexity index is 913. The van der Waals surface area contributed by atoms with E-state index in [9.17, 15) is 4.39 Å². The first kappa shape index (κ1) is 16.4. The SMILES string of the molecule is Cn1nc(-c2ccccn2)c2c1NCCSC2c1ccc(Cl)cc1F. The van der Waals surface area contributed by atoms with E-state index in [2.05, 4.69) is 15.4 Å². The lowest BCUT2D eigenvalue weighted by molar-refractivity contribution is 0.613.